The fraction of sp³-hybridized carbons (Fsp3) is 0.435. The summed E-state index contributed by atoms with van der Waals surface area (Å²) in [6.07, 6.45) is 0.336. The lowest BCUT2D eigenvalue weighted by atomic mass is 10.2. The molecule has 0 saturated carbocycles. The van der Waals surface area contributed by atoms with Crippen LogP contribution in [-0.4, -0.2) is 68.7 Å². The standard InChI is InChI=1S/C23H31N3O3/c1-28-21-9-5-6-10-22(21)29-18-11-23(27)24-12-13-25-14-16-26(17-15-25)19-20-7-3-2-4-8-20/h2-10H,11-19H2,1H3,(H,24,27). The second-order valence-electron chi connectivity index (χ2n) is 7.20. The minimum absolute atomic E-state index is 0.0163. The van der Waals surface area contributed by atoms with E-state index >= 15 is 0 Å². The Labute approximate surface area is 173 Å². The van der Waals surface area contributed by atoms with Crippen molar-refractivity contribution in [2.45, 2.75) is 13.0 Å². The summed E-state index contributed by atoms with van der Waals surface area (Å²) < 4.78 is 10.9. The van der Waals surface area contributed by atoms with E-state index in [1.54, 1.807) is 7.11 Å². The number of para-hydroxylation sites is 2. The Kier molecular flexibility index (Phi) is 8.34. The molecule has 2 aromatic carbocycles. The summed E-state index contributed by atoms with van der Waals surface area (Å²) in [4.78, 5) is 16.9. The molecule has 1 saturated heterocycles. The van der Waals surface area contributed by atoms with E-state index in [4.69, 9.17) is 9.47 Å². The van der Waals surface area contributed by atoms with E-state index in [-0.39, 0.29) is 5.91 Å². The molecule has 0 aliphatic carbocycles. The van der Waals surface area contributed by atoms with Crippen LogP contribution in [0.5, 0.6) is 11.5 Å². The molecular weight excluding hydrogens is 366 g/mol. The van der Waals surface area contributed by atoms with Crippen molar-refractivity contribution in [3.05, 3.63) is 60.2 Å². The van der Waals surface area contributed by atoms with Crippen molar-refractivity contribution in [3.8, 4) is 11.5 Å². The number of piperazine rings is 1. The van der Waals surface area contributed by atoms with E-state index in [0.717, 1.165) is 39.3 Å². The Morgan fingerprint density at radius 3 is 2.31 bits per heavy atom. The topological polar surface area (TPSA) is 54.0 Å². The third kappa shape index (κ3) is 7.07. The van der Waals surface area contributed by atoms with E-state index in [0.29, 0.717) is 31.1 Å². The molecule has 0 radical (unpaired) electrons. The average molecular weight is 398 g/mol. The van der Waals surface area contributed by atoms with Crippen LogP contribution in [0.15, 0.2) is 54.6 Å². The van der Waals surface area contributed by atoms with Gasteiger partial charge in [-0.3, -0.25) is 14.6 Å². The van der Waals surface area contributed by atoms with Gasteiger partial charge in [0.05, 0.1) is 20.1 Å². The quantitative estimate of drug-likeness (QED) is 0.667. The van der Waals surface area contributed by atoms with Crippen LogP contribution in [0.3, 0.4) is 0 Å². The van der Waals surface area contributed by atoms with Gasteiger partial charge in [-0.1, -0.05) is 42.5 Å². The molecule has 0 aromatic heterocycles. The zero-order valence-corrected chi connectivity index (χ0v) is 17.2. The van der Waals surface area contributed by atoms with Crippen LogP contribution >= 0.6 is 0 Å². The number of carbonyl (C=O) groups excluding carboxylic acids is 1. The highest BCUT2D eigenvalue weighted by atomic mass is 16.5. The normalized spacial score (nSPS) is 15.1. The van der Waals surface area contributed by atoms with Gasteiger partial charge in [0.25, 0.3) is 0 Å². The fourth-order valence-electron chi connectivity index (χ4n) is 3.45. The van der Waals surface area contributed by atoms with Gasteiger partial charge in [0.2, 0.25) is 5.91 Å². The van der Waals surface area contributed by atoms with Gasteiger partial charge in [0.1, 0.15) is 0 Å². The van der Waals surface area contributed by atoms with Crippen molar-refractivity contribution < 1.29 is 14.3 Å². The molecule has 6 heteroatoms. The molecule has 156 valence electrons. The Morgan fingerprint density at radius 1 is 0.931 bits per heavy atom. The van der Waals surface area contributed by atoms with Crippen molar-refractivity contribution in [1.82, 2.24) is 15.1 Å². The molecule has 29 heavy (non-hydrogen) atoms. The molecule has 1 heterocycles. The first-order chi connectivity index (χ1) is 14.2. The number of methoxy groups -OCH3 is 1. The van der Waals surface area contributed by atoms with Gasteiger partial charge in [0, 0.05) is 45.8 Å². The van der Waals surface area contributed by atoms with Crippen molar-refractivity contribution in [2.75, 3.05) is 53.0 Å². The molecular formula is C23H31N3O3. The lowest BCUT2D eigenvalue weighted by Crippen LogP contribution is -2.48. The van der Waals surface area contributed by atoms with Gasteiger partial charge in [-0.2, -0.15) is 0 Å². The number of hydrogen-bond donors (Lipinski definition) is 1. The van der Waals surface area contributed by atoms with Crippen LogP contribution in [0, 0.1) is 0 Å². The van der Waals surface area contributed by atoms with Crippen LogP contribution in [0.4, 0.5) is 0 Å². The van der Waals surface area contributed by atoms with E-state index in [1.807, 2.05) is 24.3 Å². The predicted molar refractivity (Wildman–Crippen MR) is 114 cm³/mol. The number of rotatable bonds is 10. The molecule has 1 aliphatic rings. The second kappa shape index (κ2) is 11.4. The second-order valence-corrected chi connectivity index (χ2v) is 7.20. The van der Waals surface area contributed by atoms with Crippen molar-refractivity contribution in [3.63, 3.8) is 0 Å². The van der Waals surface area contributed by atoms with Gasteiger partial charge in [-0.05, 0) is 17.7 Å². The van der Waals surface area contributed by atoms with E-state index < -0.39 is 0 Å². The van der Waals surface area contributed by atoms with E-state index in [2.05, 4.69) is 45.4 Å². The van der Waals surface area contributed by atoms with Crippen molar-refractivity contribution >= 4 is 5.91 Å². The van der Waals surface area contributed by atoms with E-state index in [9.17, 15) is 4.79 Å². The summed E-state index contributed by atoms with van der Waals surface area (Å²) in [5.74, 6) is 1.36. The lowest BCUT2D eigenvalue weighted by Gasteiger charge is -2.34. The molecule has 1 fully saturated rings. The molecule has 0 atom stereocenters. The Bertz CT molecular complexity index is 746. The van der Waals surface area contributed by atoms with E-state index in [1.165, 1.54) is 5.56 Å². The number of benzene rings is 2. The number of amides is 1. The smallest absolute Gasteiger partial charge is 0.223 e. The molecule has 6 nitrogen and oxygen atoms in total. The third-order valence-corrected chi connectivity index (χ3v) is 5.12. The van der Waals surface area contributed by atoms with Gasteiger partial charge in [0.15, 0.2) is 11.5 Å². The number of hydrogen-bond acceptors (Lipinski definition) is 5. The number of carbonyl (C=O) groups is 1. The van der Waals surface area contributed by atoms with Crippen molar-refractivity contribution in [1.29, 1.82) is 0 Å². The summed E-state index contributed by atoms with van der Waals surface area (Å²) in [6.45, 7) is 7.12. The maximum absolute atomic E-state index is 12.0. The van der Waals surface area contributed by atoms with Crippen LogP contribution < -0.4 is 14.8 Å². The summed E-state index contributed by atoms with van der Waals surface area (Å²) in [6, 6.07) is 18.1. The maximum atomic E-state index is 12.0. The number of nitrogens with zero attached hydrogens (tertiary/aromatic N) is 2. The zero-order chi connectivity index (χ0) is 20.3. The minimum Gasteiger partial charge on any atom is -0.493 e. The highest BCUT2D eigenvalue weighted by Crippen LogP contribution is 2.25. The fourth-order valence-corrected chi connectivity index (χ4v) is 3.45. The Morgan fingerprint density at radius 2 is 1.59 bits per heavy atom. The predicted octanol–water partition coefficient (Wildman–Crippen LogP) is 2.40. The SMILES string of the molecule is COc1ccccc1OCCC(=O)NCCN1CCN(Cc2ccccc2)CC1. The minimum atomic E-state index is 0.0163. The molecule has 1 N–H and O–H groups in total. The highest BCUT2D eigenvalue weighted by Gasteiger charge is 2.16. The van der Waals surface area contributed by atoms with Crippen molar-refractivity contribution in [2.24, 2.45) is 0 Å². The Hall–Kier alpha value is -2.57. The summed E-state index contributed by atoms with van der Waals surface area (Å²) in [5.41, 5.74) is 1.36. The Balaban J connectivity index is 1.26. The zero-order valence-electron chi connectivity index (χ0n) is 17.2. The number of nitrogens with one attached hydrogen (secondary N) is 1. The average Bonchev–Trinajstić information content (AvgIpc) is 2.76. The molecule has 0 unspecified atom stereocenters. The molecule has 0 bridgehead atoms. The third-order valence-electron chi connectivity index (χ3n) is 5.12. The molecule has 3 rings (SSSR count). The maximum Gasteiger partial charge on any atom is 0.223 e. The van der Waals surface area contributed by atoms with Crippen LogP contribution in [0.2, 0.25) is 0 Å². The molecule has 2 aromatic rings. The monoisotopic (exact) mass is 397 g/mol. The van der Waals surface area contributed by atoms with Gasteiger partial charge in [-0.15, -0.1) is 0 Å². The largest absolute Gasteiger partial charge is 0.493 e. The molecule has 1 aliphatic heterocycles. The summed E-state index contributed by atoms with van der Waals surface area (Å²) in [7, 11) is 1.61. The first kappa shape index (κ1) is 21.1. The number of ether oxygens (including phenoxy) is 2. The van der Waals surface area contributed by atoms with Gasteiger partial charge >= 0.3 is 0 Å². The first-order valence-corrected chi connectivity index (χ1v) is 10.3. The van der Waals surface area contributed by atoms with Crippen LogP contribution in [0.25, 0.3) is 0 Å². The summed E-state index contributed by atoms with van der Waals surface area (Å²) in [5, 5.41) is 2.99. The van der Waals surface area contributed by atoms with Gasteiger partial charge in [-0.25, -0.2) is 0 Å². The molecule has 1 amide bonds. The lowest BCUT2D eigenvalue weighted by molar-refractivity contribution is -0.121. The molecule has 0 spiro atoms. The summed E-state index contributed by atoms with van der Waals surface area (Å²) >= 11 is 0. The van der Waals surface area contributed by atoms with Crippen LogP contribution in [-0.2, 0) is 11.3 Å². The highest BCUT2D eigenvalue weighted by molar-refractivity contribution is 5.75. The van der Waals surface area contributed by atoms with Crippen LogP contribution in [0.1, 0.15) is 12.0 Å². The van der Waals surface area contributed by atoms with Gasteiger partial charge < -0.3 is 14.8 Å². The first-order valence-electron chi connectivity index (χ1n) is 10.3.